The highest BCUT2D eigenvalue weighted by atomic mass is 16.4. The fraction of sp³-hybridized carbons (Fsp3) is 0.385. The first-order chi connectivity index (χ1) is 8.09. The molecule has 0 saturated heterocycles. The van der Waals surface area contributed by atoms with Crippen molar-refractivity contribution in [2.45, 2.75) is 26.2 Å². The van der Waals surface area contributed by atoms with Crippen molar-refractivity contribution in [3.8, 4) is 0 Å². The van der Waals surface area contributed by atoms with Crippen LogP contribution in [-0.4, -0.2) is 23.5 Å². The number of aliphatic carboxylic acids is 1. The van der Waals surface area contributed by atoms with Crippen LogP contribution in [0.1, 0.15) is 24.0 Å². The second kappa shape index (κ2) is 6.68. The molecule has 0 unspecified atom stereocenters. The maximum absolute atomic E-state index is 11.6. The Morgan fingerprint density at radius 1 is 1.29 bits per heavy atom. The van der Waals surface area contributed by atoms with E-state index in [1.165, 1.54) is 0 Å². The summed E-state index contributed by atoms with van der Waals surface area (Å²) >= 11 is 0. The zero-order valence-electron chi connectivity index (χ0n) is 9.90. The van der Waals surface area contributed by atoms with E-state index in [-0.39, 0.29) is 12.3 Å². The number of carboxylic acids is 1. The van der Waals surface area contributed by atoms with Gasteiger partial charge < -0.3 is 10.4 Å². The monoisotopic (exact) mass is 235 g/mol. The molecule has 0 spiro atoms. The van der Waals surface area contributed by atoms with Crippen molar-refractivity contribution in [1.29, 1.82) is 0 Å². The molecule has 17 heavy (non-hydrogen) atoms. The summed E-state index contributed by atoms with van der Waals surface area (Å²) in [6.45, 7) is 2.38. The van der Waals surface area contributed by atoms with Gasteiger partial charge in [0, 0.05) is 13.0 Å². The molecular formula is C13H17NO3. The van der Waals surface area contributed by atoms with E-state index in [2.05, 4.69) is 5.32 Å². The van der Waals surface area contributed by atoms with E-state index in [1.807, 2.05) is 31.2 Å². The number of carboxylic acid groups (broad SMARTS) is 1. The molecule has 4 heteroatoms. The smallest absolute Gasteiger partial charge is 0.303 e. The fourth-order valence-corrected chi connectivity index (χ4v) is 1.51. The molecule has 2 N–H and O–H groups in total. The van der Waals surface area contributed by atoms with Crippen LogP contribution in [-0.2, 0) is 16.0 Å². The van der Waals surface area contributed by atoms with E-state index < -0.39 is 5.97 Å². The highest BCUT2D eigenvalue weighted by Crippen LogP contribution is 2.07. The first-order valence-corrected chi connectivity index (χ1v) is 5.62. The Morgan fingerprint density at radius 2 is 2.00 bits per heavy atom. The van der Waals surface area contributed by atoms with Gasteiger partial charge in [0.2, 0.25) is 5.91 Å². The molecular weight excluding hydrogens is 218 g/mol. The number of carbonyl (C=O) groups excluding carboxylic acids is 1. The minimum Gasteiger partial charge on any atom is -0.481 e. The number of hydrogen-bond donors (Lipinski definition) is 2. The van der Waals surface area contributed by atoms with E-state index in [4.69, 9.17) is 5.11 Å². The van der Waals surface area contributed by atoms with Crippen LogP contribution < -0.4 is 5.32 Å². The van der Waals surface area contributed by atoms with Crippen molar-refractivity contribution in [2.75, 3.05) is 6.54 Å². The van der Waals surface area contributed by atoms with Crippen LogP contribution >= 0.6 is 0 Å². The van der Waals surface area contributed by atoms with E-state index in [1.54, 1.807) is 0 Å². The van der Waals surface area contributed by atoms with Gasteiger partial charge in [-0.25, -0.2) is 0 Å². The van der Waals surface area contributed by atoms with Crippen LogP contribution in [0.4, 0.5) is 0 Å². The molecule has 92 valence electrons. The largest absolute Gasteiger partial charge is 0.481 e. The number of aryl methyl sites for hydroxylation is 1. The summed E-state index contributed by atoms with van der Waals surface area (Å²) < 4.78 is 0. The molecule has 0 bridgehead atoms. The standard InChI is InChI=1S/C13H17NO3/c1-10-5-2-3-6-11(10)9-12(15)14-8-4-7-13(16)17/h2-3,5-6H,4,7-9H2,1H3,(H,14,15)(H,16,17). The summed E-state index contributed by atoms with van der Waals surface area (Å²) in [5, 5.41) is 11.1. The lowest BCUT2D eigenvalue weighted by Crippen LogP contribution is -2.26. The van der Waals surface area contributed by atoms with Crippen LogP contribution in [0.25, 0.3) is 0 Å². The highest BCUT2D eigenvalue weighted by Gasteiger charge is 2.05. The van der Waals surface area contributed by atoms with Crippen LogP contribution in [0, 0.1) is 6.92 Å². The zero-order valence-corrected chi connectivity index (χ0v) is 9.90. The zero-order chi connectivity index (χ0) is 12.7. The van der Waals surface area contributed by atoms with Gasteiger partial charge in [-0.1, -0.05) is 24.3 Å². The summed E-state index contributed by atoms with van der Waals surface area (Å²) in [6, 6.07) is 7.73. The molecule has 1 amide bonds. The summed E-state index contributed by atoms with van der Waals surface area (Å²) in [7, 11) is 0. The summed E-state index contributed by atoms with van der Waals surface area (Å²) in [5.41, 5.74) is 2.09. The molecule has 0 aliphatic heterocycles. The molecule has 0 aliphatic rings. The Bertz CT molecular complexity index is 401. The maximum Gasteiger partial charge on any atom is 0.303 e. The van der Waals surface area contributed by atoms with Crippen molar-refractivity contribution in [2.24, 2.45) is 0 Å². The Hall–Kier alpha value is -1.84. The third-order valence-corrected chi connectivity index (χ3v) is 2.50. The summed E-state index contributed by atoms with van der Waals surface area (Å²) in [5.74, 6) is -0.900. The van der Waals surface area contributed by atoms with Gasteiger partial charge in [-0.2, -0.15) is 0 Å². The Morgan fingerprint density at radius 3 is 2.65 bits per heavy atom. The second-order valence-electron chi connectivity index (χ2n) is 3.95. The van der Waals surface area contributed by atoms with E-state index in [0.29, 0.717) is 19.4 Å². The van der Waals surface area contributed by atoms with E-state index in [9.17, 15) is 9.59 Å². The van der Waals surface area contributed by atoms with Crippen molar-refractivity contribution < 1.29 is 14.7 Å². The number of hydrogen-bond acceptors (Lipinski definition) is 2. The molecule has 1 aromatic rings. The van der Waals surface area contributed by atoms with Gasteiger partial charge in [-0.3, -0.25) is 9.59 Å². The lowest BCUT2D eigenvalue weighted by Gasteiger charge is -2.06. The molecule has 0 fully saturated rings. The number of benzene rings is 1. The van der Waals surface area contributed by atoms with Gasteiger partial charge in [-0.15, -0.1) is 0 Å². The first-order valence-electron chi connectivity index (χ1n) is 5.62. The van der Waals surface area contributed by atoms with Crippen molar-refractivity contribution in [3.63, 3.8) is 0 Å². The molecule has 0 radical (unpaired) electrons. The van der Waals surface area contributed by atoms with Gasteiger partial charge >= 0.3 is 5.97 Å². The minimum absolute atomic E-state index is 0.0651. The molecule has 4 nitrogen and oxygen atoms in total. The van der Waals surface area contributed by atoms with Gasteiger partial charge in [0.1, 0.15) is 0 Å². The van der Waals surface area contributed by atoms with Gasteiger partial charge in [0.05, 0.1) is 6.42 Å². The van der Waals surface area contributed by atoms with Crippen LogP contribution in [0.3, 0.4) is 0 Å². The van der Waals surface area contributed by atoms with Crippen molar-refractivity contribution in [3.05, 3.63) is 35.4 Å². The summed E-state index contributed by atoms with van der Waals surface area (Å²) in [6.07, 6.45) is 0.902. The number of carbonyl (C=O) groups is 2. The number of nitrogens with one attached hydrogen (secondary N) is 1. The average molecular weight is 235 g/mol. The predicted molar refractivity (Wildman–Crippen MR) is 64.8 cm³/mol. The maximum atomic E-state index is 11.6. The highest BCUT2D eigenvalue weighted by molar-refractivity contribution is 5.78. The Kier molecular flexibility index (Phi) is 5.20. The topological polar surface area (TPSA) is 66.4 Å². The van der Waals surface area contributed by atoms with Crippen molar-refractivity contribution in [1.82, 2.24) is 5.32 Å². The molecule has 0 atom stereocenters. The van der Waals surface area contributed by atoms with Crippen LogP contribution in [0.15, 0.2) is 24.3 Å². The minimum atomic E-state index is -0.835. The molecule has 0 saturated carbocycles. The number of rotatable bonds is 6. The third-order valence-electron chi connectivity index (χ3n) is 2.50. The third kappa shape index (κ3) is 5.15. The second-order valence-corrected chi connectivity index (χ2v) is 3.95. The molecule has 0 heterocycles. The predicted octanol–water partition coefficient (Wildman–Crippen LogP) is 1.52. The normalized spacial score (nSPS) is 9.94. The fourth-order valence-electron chi connectivity index (χ4n) is 1.51. The average Bonchev–Trinajstić information content (AvgIpc) is 2.27. The van der Waals surface area contributed by atoms with E-state index >= 15 is 0 Å². The number of amides is 1. The molecule has 0 aromatic heterocycles. The Labute approximate surface area is 101 Å². The molecule has 0 aliphatic carbocycles. The van der Waals surface area contributed by atoms with Crippen LogP contribution in [0.2, 0.25) is 0 Å². The summed E-state index contributed by atoms with van der Waals surface area (Å²) in [4.78, 5) is 21.8. The first kappa shape index (κ1) is 13.2. The molecule has 1 rings (SSSR count). The Balaban J connectivity index is 2.30. The quantitative estimate of drug-likeness (QED) is 0.735. The SMILES string of the molecule is Cc1ccccc1CC(=O)NCCCC(=O)O. The van der Waals surface area contributed by atoms with E-state index in [0.717, 1.165) is 11.1 Å². The van der Waals surface area contributed by atoms with Gasteiger partial charge in [-0.05, 0) is 24.5 Å². The van der Waals surface area contributed by atoms with Gasteiger partial charge in [0.25, 0.3) is 0 Å². The van der Waals surface area contributed by atoms with Gasteiger partial charge in [0.15, 0.2) is 0 Å². The molecule has 1 aromatic carbocycles. The lowest BCUT2D eigenvalue weighted by molar-refractivity contribution is -0.137. The lowest BCUT2D eigenvalue weighted by atomic mass is 10.1. The van der Waals surface area contributed by atoms with Crippen LogP contribution in [0.5, 0.6) is 0 Å². The van der Waals surface area contributed by atoms with Crippen molar-refractivity contribution >= 4 is 11.9 Å².